The highest BCUT2D eigenvalue weighted by molar-refractivity contribution is 7.89. The molecule has 0 aliphatic carbocycles. The molecule has 1 saturated heterocycles. The molecule has 26 heavy (non-hydrogen) atoms. The number of carbonyl (C=O) groups is 1. The number of sulfonamides is 1. The van der Waals surface area contributed by atoms with E-state index in [0.29, 0.717) is 26.1 Å². The second-order valence-corrected chi connectivity index (χ2v) is 8.04. The van der Waals surface area contributed by atoms with E-state index in [9.17, 15) is 13.2 Å². The molecule has 1 fully saturated rings. The molecule has 0 N–H and O–H groups in total. The summed E-state index contributed by atoms with van der Waals surface area (Å²) in [4.78, 5) is 13.5. The van der Waals surface area contributed by atoms with Crippen molar-refractivity contribution in [3.8, 4) is 11.1 Å². The summed E-state index contributed by atoms with van der Waals surface area (Å²) in [6.45, 7) is 1.47. The highest BCUT2D eigenvalue weighted by Gasteiger charge is 2.28. The van der Waals surface area contributed by atoms with E-state index >= 15 is 0 Å². The zero-order valence-corrected chi connectivity index (χ0v) is 15.5. The lowest BCUT2D eigenvalue weighted by atomic mass is 10.1. The first-order valence-electron chi connectivity index (χ1n) is 8.51. The van der Waals surface area contributed by atoms with Gasteiger partial charge in [0.15, 0.2) is 0 Å². The predicted octanol–water partition coefficient (Wildman–Crippen LogP) is 2.82. The molecule has 0 saturated carbocycles. The lowest BCUT2D eigenvalue weighted by molar-refractivity contribution is 0.126. The monoisotopic (exact) mass is 374 g/mol. The lowest BCUT2D eigenvalue weighted by Gasteiger charge is -2.21. The Bertz CT molecular complexity index is 851. The zero-order valence-electron chi connectivity index (χ0n) is 14.7. The van der Waals surface area contributed by atoms with E-state index in [1.54, 1.807) is 12.1 Å². The first-order chi connectivity index (χ1) is 12.5. The molecule has 0 bridgehead atoms. The summed E-state index contributed by atoms with van der Waals surface area (Å²) in [5.74, 6) is 0. The van der Waals surface area contributed by atoms with Crippen molar-refractivity contribution in [2.45, 2.75) is 11.3 Å². The Morgan fingerprint density at radius 2 is 1.54 bits per heavy atom. The molecule has 1 amide bonds. The normalized spacial score (nSPS) is 16.1. The van der Waals surface area contributed by atoms with Crippen molar-refractivity contribution in [1.29, 1.82) is 0 Å². The standard InChI is InChI=1S/C19H22N2O4S/c1-25-19(22)20-12-5-13-21(15-14-20)26(23,24)18-10-8-17(9-11-18)16-6-3-2-4-7-16/h2-4,6-11H,5,12-15H2,1H3. The molecule has 0 radical (unpaired) electrons. The molecule has 6 nitrogen and oxygen atoms in total. The number of rotatable bonds is 3. The van der Waals surface area contributed by atoms with E-state index in [-0.39, 0.29) is 11.4 Å². The Hall–Kier alpha value is -2.38. The Labute approximate surface area is 154 Å². The van der Waals surface area contributed by atoms with E-state index in [4.69, 9.17) is 4.74 Å². The second kappa shape index (κ2) is 7.88. The maximum Gasteiger partial charge on any atom is 0.409 e. The average Bonchev–Trinajstić information content (AvgIpc) is 2.95. The maximum atomic E-state index is 12.9. The van der Waals surface area contributed by atoms with Gasteiger partial charge in [0.2, 0.25) is 10.0 Å². The van der Waals surface area contributed by atoms with Gasteiger partial charge in [-0.2, -0.15) is 4.31 Å². The zero-order chi connectivity index (χ0) is 18.6. The molecule has 3 rings (SSSR count). The summed E-state index contributed by atoms with van der Waals surface area (Å²) in [6.07, 6.45) is 0.160. The minimum absolute atomic E-state index is 0.262. The van der Waals surface area contributed by atoms with Crippen molar-refractivity contribution in [3.63, 3.8) is 0 Å². The molecule has 0 unspecified atom stereocenters. The molecule has 1 aliphatic heterocycles. The van der Waals surface area contributed by atoms with Gasteiger partial charge in [-0.3, -0.25) is 0 Å². The number of methoxy groups -OCH3 is 1. The Kier molecular flexibility index (Phi) is 5.58. The molecule has 1 heterocycles. The van der Waals surface area contributed by atoms with Crippen LogP contribution in [0.4, 0.5) is 4.79 Å². The van der Waals surface area contributed by atoms with Gasteiger partial charge in [-0.15, -0.1) is 0 Å². The van der Waals surface area contributed by atoms with Crippen LogP contribution in [0.5, 0.6) is 0 Å². The van der Waals surface area contributed by atoms with Gasteiger partial charge in [0.05, 0.1) is 12.0 Å². The Balaban J connectivity index is 1.76. The Morgan fingerprint density at radius 3 is 2.19 bits per heavy atom. The minimum Gasteiger partial charge on any atom is -0.453 e. The van der Waals surface area contributed by atoms with E-state index in [0.717, 1.165) is 11.1 Å². The number of hydrogen-bond acceptors (Lipinski definition) is 4. The van der Waals surface area contributed by atoms with Gasteiger partial charge in [0.1, 0.15) is 0 Å². The number of nitrogens with zero attached hydrogens (tertiary/aromatic N) is 2. The highest BCUT2D eigenvalue weighted by Crippen LogP contribution is 2.23. The molecule has 0 aromatic heterocycles. The molecule has 1 aliphatic rings. The molecule has 0 spiro atoms. The first-order valence-corrected chi connectivity index (χ1v) is 9.95. The summed E-state index contributed by atoms with van der Waals surface area (Å²) in [5, 5.41) is 0. The summed E-state index contributed by atoms with van der Waals surface area (Å²) in [6, 6.07) is 16.7. The van der Waals surface area contributed by atoms with Crippen LogP contribution < -0.4 is 0 Å². The van der Waals surface area contributed by atoms with Crippen molar-refractivity contribution >= 4 is 16.1 Å². The van der Waals surface area contributed by atoms with Gasteiger partial charge in [-0.1, -0.05) is 42.5 Å². The second-order valence-electron chi connectivity index (χ2n) is 6.11. The van der Waals surface area contributed by atoms with Crippen LogP contribution in [0.3, 0.4) is 0 Å². The topological polar surface area (TPSA) is 66.9 Å². The third-order valence-electron chi connectivity index (χ3n) is 4.49. The van der Waals surface area contributed by atoms with Crippen molar-refractivity contribution in [2.75, 3.05) is 33.3 Å². The van der Waals surface area contributed by atoms with Gasteiger partial charge in [-0.25, -0.2) is 13.2 Å². The molecule has 7 heteroatoms. The van der Waals surface area contributed by atoms with E-state index in [1.807, 2.05) is 42.5 Å². The summed E-state index contributed by atoms with van der Waals surface area (Å²) < 4.78 is 32.0. The van der Waals surface area contributed by atoms with Crippen LogP contribution in [-0.2, 0) is 14.8 Å². The fourth-order valence-corrected chi connectivity index (χ4v) is 4.51. The summed E-state index contributed by atoms with van der Waals surface area (Å²) in [7, 11) is -2.26. The SMILES string of the molecule is COC(=O)N1CCCN(S(=O)(=O)c2ccc(-c3ccccc3)cc2)CC1. The lowest BCUT2D eigenvalue weighted by Crippen LogP contribution is -2.37. The van der Waals surface area contributed by atoms with Crippen LogP contribution in [0.25, 0.3) is 11.1 Å². The third kappa shape index (κ3) is 3.89. The Morgan fingerprint density at radius 1 is 0.885 bits per heavy atom. The van der Waals surface area contributed by atoms with Gasteiger partial charge in [0.25, 0.3) is 0 Å². The molecular weight excluding hydrogens is 352 g/mol. The first kappa shape index (κ1) is 18.4. The maximum absolute atomic E-state index is 12.9. The number of benzene rings is 2. The predicted molar refractivity (Wildman–Crippen MR) is 99.2 cm³/mol. The van der Waals surface area contributed by atoms with Crippen molar-refractivity contribution < 1.29 is 17.9 Å². The number of amides is 1. The van der Waals surface area contributed by atoms with Crippen LogP contribution >= 0.6 is 0 Å². The van der Waals surface area contributed by atoms with Crippen LogP contribution in [0, 0.1) is 0 Å². The summed E-state index contributed by atoms with van der Waals surface area (Å²) in [5.41, 5.74) is 2.01. The van der Waals surface area contributed by atoms with Crippen LogP contribution in [0.15, 0.2) is 59.5 Å². The van der Waals surface area contributed by atoms with Crippen molar-refractivity contribution in [1.82, 2.24) is 9.21 Å². The van der Waals surface area contributed by atoms with Crippen LogP contribution in [0.1, 0.15) is 6.42 Å². The number of carbonyl (C=O) groups excluding carboxylic acids is 1. The largest absolute Gasteiger partial charge is 0.453 e. The van der Waals surface area contributed by atoms with Crippen molar-refractivity contribution in [3.05, 3.63) is 54.6 Å². The highest BCUT2D eigenvalue weighted by atomic mass is 32.2. The number of ether oxygens (including phenoxy) is 1. The molecule has 0 atom stereocenters. The van der Waals surface area contributed by atoms with Gasteiger partial charge in [0, 0.05) is 26.2 Å². The van der Waals surface area contributed by atoms with Crippen LogP contribution in [-0.4, -0.2) is 57.0 Å². The van der Waals surface area contributed by atoms with Crippen molar-refractivity contribution in [2.24, 2.45) is 0 Å². The average molecular weight is 374 g/mol. The third-order valence-corrected chi connectivity index (χ3v) is 6.40. The van der Waals surface area contributed by atoms with E-state index in [1.165, 1.54) is 16.3 Å². The van der Waals surface area contributed by atoms with Gasteiger partial charge >= 0.3 is 6.09 Å². The fraction of sp³-hybridized carbons (Fsp3) is 0.316. The molecule has 2 aromatic carbocycles. The van der Waals surface area contributed by atoms with Gasteiger partial charge in [-0.05, 0) is 29.7 Å². The molecular formula is C19H22N2O4S. The molecule has 138 valence electrons. The van der Waals surface area contributed by atoms with E-state index in [2.05, 4.69) is 0 Å². The van der Waals surface area contributed by atoms with Crippen LogP contribution in [0.2, 0.25) is 0 Å². The summed E-state index contributed by atoms with van der Waals surface area (Å²) >= 11 is 0. The smallest absolute Gasteiger partial charge is 0.409 e. The van der Waals surface area contributed by atoms with E-state index < -0.39 is 16.1 Å². The van der Waals surface area contributed by atoms with Gasteiger partial charge < -0.3 is 9.64 Å². The fourth-order valence-electron chi connectivity index (χ4n) is 3.04. The number of hydrogen-bond donors (Lipinski definition) is 0. The molecule has 2 aromatic rings. The quantitative estimate of drug-likeness (QED) is 0.829. The minimum atomic E-state index is -3.59.